The van der Waals surface area contributed by atoms with E-state index in [1.807, 2.05) is 19.1 Å². The van der Waals surface area contributed by atoms with Gasteiger partial charge < -0.3 is 0 Å². The van der Waals surface area contributed by atoms with Crippen LogP contribution in [0.5, 0.6) is 0 Å². The second-order valence-electron chi connectivity index (χ2n) is 4.17. The molecule has 2 aromatic carbocycles. The lowest BCUT2D eigenvalue weighted by atomic mass is 10.0. The first-order valence-electron chi connectivity index (χ1n) is 5.22. The maximum atomic E-state index is 12.2. The Labute approximate surface area is 109 Å². The van der Waals surface area contributed by atoms with E-state index in [0.29, 0.717) is 21.2 Å². The van der Waals surface area contributed by atoms with Crippen molar-refractivity contribution in [1.29, 1.82) is 0 Å². The molecule has 1 aliphatic carbocycles. The van der Waals surface area contributed by atoms with E-state index in [1.165, 1.54) is 0 Å². The normalized spacial score (nSPS) is 12.5. The SMILES string of the molecule is Cc1cc2c(cc1Cl)C(=O)c1cc(Cl)ccc1-2. The predicted octanol–water partition coefficient (Wildman–Crippen LogP) is 4.51. The van der Waals surface area contributed by atoms with Gasteiger partial charge in [0.2, 0.25) is 0 Å². The van der Waals surface area contributed by atoms with Crippen molar-refractivity contribution in [2.24, 2.45) is 0 Å². The molecule has 3 rings (SSSR count). The van der Waals surface area contributed by atoms with Gasteiger partial charge in [0.1, 0.15) is 0 Å². The summed E-state index contributed by atoms with van der Waals surface area (Å²) in [5, 5.41) is 1.20. The molecule has 0 fully saturated rings. The average molecular weight is 263 g/mol. The number of rotatable bonds is 0. The van der Waals surface area contributed by atoms with Crippen LogP contribution in [0, 0.1) is 6.92 Å². The smallest absolute Gasteiger partial charge is 0.194 e. The Morgan fingerprint density at radius 2 is 1.59 bits per heavy atom. The van der Waals surface area contributed by atoms with E-state index in [4.69, 9.17) is 23.2 Å². The molecule has 1 aliphatic rings. The van der Waals surface area contributed by atoms with Crippen LogP contribution in [0.4, 0.5) is 0 Å². The first kappa shape index (κ1) is 10.8. The first-order valence-corrected chi connectivity index (χ1v) is 5.98. The quantitative estimate of drug-likeness (QED) is 0.583. The van der Waals surface area contributed by atoms with Crippen LogP contribution < -0.4 is 0 Å². The number of ketones is 1. The largest absolute Gasteiger partial charge is 0.289 e. The van der Waals surface area contributed by atoms with Crippen molar-refractivity contribution in [3.05, 3.63) is 57.1 Å². The van der Waals surface area contributed by atoms with Crippen LogP contribution in [0.25, 0.3) is 11.1 Å². The molecule has 84 valence electrons. The number of aryl methyl sites for hydroxylation is 1. The van der Waals surface area contributed by atoms with Crippen molar-refractivity contribution in [2.45, 2.75) is 6.92 Å². The van der Waals surface area contributed by atoms with E-state index in [9.17, 15) is 4.79 Å². The fraction of sp³-hybridized carbons (Fsp3) is 0.0714. The Hall–Kier alpha value is -1.31. The van der Waals surface area contributed by atoms with E-state index in [-0.39, 0.29) is 5.78 Å². The van der Waals surface area contributed by atoms with E-state index in [0.717, 1.165) is 16.7 Å². The highest BCUT2D eigenvalue weighted by molar-refractivity contribution is 6.34. The third kappa shape index (κ3) is 1.50. The van der Waals surface area contributed by atoms with Gasteiger partial charge in [-0.05, 0) is 47.9 Å². The molecule has 0 N–H and O–H groups in total. The van der Waals surface area contributed by atoms with Crippen LogP contribution in [0.1, 0.15) is 21.5 Å². The minimum Gasteiger partial charge on any atom is -0.289 e. The summed E-state index contributed by atoms with van der Waals surface area (Å²) in [7, 11) is 0. The Morgan fingerprint density at radius 3 is 2.35 bits per heavy atom. The lowest BCUT2D eigenvalue weighted by Crippen LogP contribution is -1.95. The molecule has 17 heavy (non-hydrogen) atoms. The van der Waals surface area contributed by atoms with Crippen molar-refractivity contribution >= 4 is 29.0 Å². The molecule has 1 nitrogen and oxygen atoms in total. The molecule has 0 saturated heterocycles. The highest BCUT2D eigenvalue weighted by atomic mass is 35.5. The minimum absolute atomic E-state index is 0.000556. The van der Waals surface area contributed by atoms with Gasteiger partial charge in [0.05, 0.1) is 0 Å². The summed E-state index contributed by atoms with van der Waals surface area (Å²) < 4.78 is 0. The molecule has 3 heteroatoms. The van der Waals surface area contributed by atoms with Gasteiger partial charge in [0.15, 0.2) is 5.78 Å². The van der Waals surface area contributed by atoms with Crippen molar-refractivity contribution in [1.82, 2.24) is 0 Å². The summed E-state index contributed by atoms with van der Waals surface area (Å²) in [5.41, 5.74) is 4.19. The molecule has 0 unspecified atom stereocenters. The van der Waals surface area contributed by atoms with Gasteiger partial charge in [0, 0.05) is 21.2 Å². The lowest BCUT2D eigenvalue weighted by Gasteiger charge is -2.03. The zero-order valence-corrected chi connectivity index (χ0v) is 10.6. The summed E-state index contributed by atoms with van der Waals surface area (Å²) in [6, 6.07) is 9.08. The Bertz CT molecular complexity index is 660. The summed E-state index contributed by atoms with van der Waals surface area (Å²) in [5.74, 6) is -0.000556. The number of fused-ring (bicyclic) bond motifs is 3. The minimum atomic E-state index is -0.000556. The number of carbonyl (C=O) groups excluding carboxylic acids is 1. The number of hydrogen-bond donors (Lipinski definition) is 0. The van der Waals surface area contributed by atoms with Gasteiger partial charge in [-0.2, -0.15) is 0 Å². The van der Waals surface area contributed by atoms with Crippen LogP contribution in [0.2, 0.25) is 10.0 Å². The first-order chi connectivity index (χ1) is 8.08. The molecule has 2 aromatic rings. The molecule has 0 saturated carbocycles. The molecular weight excluding hydrogens is 255 g/mol. The third-order valence-corrected chi connectivity index (χ3v) is 3.70. The maximum Gasteiger partial charge on any atom is 0.194 e. The topological polar surface area (TPSA) is 17.1 Å². The van der Waals surface area contributed by atoms with E-state index in [2.05, 4.69) is 0 Å². The molecule has 0 aliphatic heterocycles. The molecule has 0 spiro atoms. The van der Waals surface area contributed by atoms with Gasteiger partial charge in [-0.1, -0.05) is 29.3 Å². The Morgan fingerprint density at radius 1 is 0.882 bits per heavy atom. The molecule has 0 bridgehead atoms. The average Bonchev–Trinajstić information content (AvgIpc) is 2.54. The maximum absolute atomic E-state index is 12.2. The Kier molecular flexibility index (Phi) is 2.29. The highest BCUT2D eigenvalue weighted by Gasteiger charge is 2.27. The molecular formula is C14H8Cl2O. The van der Waals surface area contributed by atoms with Gasteiger partial charge in [-0.3, -0.25) is 4.79 Å². The molecule has 0 heterocycles. The van der Waals surface area contributed by atoms with E-state index in [1.54, 1.807) is 18.2 Å². The molecule has 0 atom stereocenters. The number of carbonyl (C=O) groups is 1. The van der Waals surface area contributed by atoms with Crippen LogP contribution in [-0.2, 0) is 0 Å². The number of benzene rings is 2. The van der Waals surface area contributed by atoms with Gasteiger partial charge >= 0.3 is 0 Å². The van der Waals surface area contributed by atoms with Crippen LogP contribution in [0.3, 0.4) is 0 Å². The molecule has 0 amide bonds. The van der Waals surface area contributed by atoms with E-state index >= 15 is 0 Å². The van der Waals surface area contributed by atoms with Crippen molar-refractivity contribution in [3.8, 4) is 11.1 Å². The van der Waals surface area contributed by atoms with Crippen LogP contribution in [0.15, 0.2) is 30.3 Å². The number of hydrogen-bond acceptors (Lipinski definition) is 1. The zero-order chi connectivity index (χ0) is 12.2. The monoisotopic (exact) mass is 262 g/mol. The van der Waals surface area contributed by atoms with Crippen molar-refractivity contribution in [2.75, 3.05) is 0 Å². The van der Waals surface area contributed by atoms with Gasteiger partial charge in [-0.15, -0.1) is 0 Å². The summed E-state index contributed by atoms with van der Waals surface area (Å²) in [4.78, 5) is 12.2. The lowest BCUT2D eigenvalue weighted by molar-refractivity contribution is 0.104. The van der Waals surface area contributed by atoms with E-state index < -0.39 is 0 Å². The van der Waals surface area contributed by atoms with Crippen molar-refractivity contribution < 1.29 is 4.79 Å². The summed E-state index contributed by atoms with van der Waals surface area (Å²) in [6.45, 7) is 1.93. The predicted molar refractivity (Wildman–Crippen MR) is 70.1 cm³/mol. The van der Waals surface area contributed by atoms with Crippen LogP contribution >= 0.6 is 23.2 Å². The fourth-order valence-electron chi connectivity index (χ4n) is 2.18. The summed E-state index contributed by atoms with van der Waals surface area (Å²) in [6.07, 6.45) is 0. The second kappa shape index (κ2) is 3.59. The standard InChI is InChI=1S/C14H8Cl2O/c1-7-4-10-9-3-2-8(15)5-11(9)14(17)12(10)6-13(7)16/h2-6H,1H3. The number of halogens is 2. The fourth-order valence-corrected chi connectivity index (χ4v) is 2.51. The van der Waals surface area contributed by atoms with Crippen LogP contribution in [-0.4, -0.2) is 5.78 Å². The second-order valence-corrected chi connectivity index (χ2v) is 5.01. The molecule has 0 radical (unpaired) electrons. The zero-order valence-electron chi connectivity index (χ0n) is 9.05. The molecule has 0 aromatic heterocycles. The Balaban J connectivity index is 2.35. The highest BCUT2D eigenvalue weighted by Crippen LogP contribution is 2.39. The van der Waals surface area contributed by atoms with Gasteiger partial charge in [-0.25, -0.2) is 0 Å². The van der Waals surface area contributed by atoms with Gasteiger partial charge in [0.25, 0.3) is 0 Å². The summed E-state index contributed by atoms with van der Waals surface area (Å²) >= 11 is 12.0. The third-order valence-electron chi connectivity index (χ3n) is 3.06. The van der Waals surface area contributed by atoms with Crippen molar-refractivity contribution in [3.63, 3.8) is 0 Å².